The Balaban J connectivity index is 2.27. The minimum Gasteiger partial charge on any atom is -0.254 e. The summed E-state index contributed by atoms with van der Waals surface area (Å²) in [5, 5.41) is 9.18. The molecule has 0 radical (unpaired) electrons. The first-order chi connectivity index (χ1) is 10.6. The molecule has 0 atom stereocenters. The summed E-state index contributed by atoms with van der Waals surface area (Å²) >= 11 is 1.38. The molecule has 2 rings (SSSR count). The molecule has 6 heteroatoms. The Morgan fingerprint density at radius 1 is 1.13 bits per heavy atom. The van der Waals surface area contributed by atoms with Crippen molar-refractivity contribution in [3.63, 3.8) is 0 Å². The maximum Gasteiger partial charge on any atom is 0.416 e. The van der Waals surface area contributed by atoms with Gasteiger partial charge in [-0.3, -0.25) is 4.99 Å². The summed E-state index contributed by atoms with van der Waals surface area (Å²) in [4.78, 5) is 5.79. The third-order valence-electron chi connectivity index (χ3n) is 3.14. The van der Waals surface area contributed by atoms with Crippen LogP contribution < -0.4 is 0 Å². The summed E-state index contributed by atoms with van der Waals surface area (Å²) in [5.41, 5.74) is 0.309. The molecule has 1 aromatic carbocycles. The second-order valence-corrected chi connectivity index (χ2v) is 7.12. The van der Waals surface area contributed by atoms with Crippen LogP contribution in [0.25, 0.3) is 0 Å². The van der Waals surface area contributed by atoms with Gasteiger partial charge in [0.1, 0.15) is 10.9 Å². The highest BCUT2D eigenvalue weighted by Gasteiger charge is 2.29. The van der Waals surface area contributed by atoms with Crippen LogP contribution in [0.15, 0.2) is 35.3 Å². The highest BCUT2D eigenvalue weighted by Crippen LogP contribution is 2.36. The normalized spacial score (nSPS) is 12.6. The molecule has 0 amide bonds. The van der Waals surface area contributed by atoms with Crippen molar-refractivity contribution in [1.82, 2.24) is 0 Å². The van der Waals surface area contributed by atoms with Gasteiger partial charge in [0.05, 0.1) is 11.3 Å². The molecule has 1 aromatic heterocycles. The standard InChI is InChI=1S/C17H15F3N2S/c1-16(2,3)15-8-13(14(9-21)23-15)22-10-11-4-6-12(7-5-11)17(18,19)20/h4-8,10H,1-3H3. The third kappa shape index (κ3) is 4.20. The molecule has 0 spiro atoms. The summed E-state index contributed by atoms with van der Waals surface area (Å²) < 4.78 is 37.5. The van der Waals surface area contributed by atoms with Gasteiger partial charge in [-0.25, -0.2) is 0 Å². The van der Waals surface area contributed by atoms with E-state index in [0.29, 0.717) is 16.1 Å². The fraction of sp³-hybridized carbons (Fsp3) is 0.294. The number of nitrogens with zero attached hydrogens (tertiary/aromatic N) is 2. The lowest BCUT2D eigenvalue weighted by molar-refractivity contribution is -0.137. The number of alkyl halides is 3. The zero-order chi connectivity index (χ0) is 17.3. The minimum absolute atomic E-state index is 0.0849. The maximum absolute atomic E-state index is 12.5. The Hall–Kier alpha value is -2.13. The van der Waals surface area contributed by atoms with Crippen LogP contribution in [-0.4, -0.2) is 6.21 Å². The van der Waals surface area contributed by atoms with Crippen LogP contribution in [0.5, 0.6) is 0 Å². The molecule has 0 fully saturated rings. The first-order valence-corrected chi connectivity index (χ1v) is 7.68. The van der Waals surface area contributed by atoms with Crippen LogP contribution in [0.1, 0.15) is 41.7 Å². The Morgan fingerprint density at radius 3 is 2.22 bits per heavy atom. The van der Waals surface area contributed by atoms with E-state index in [0.717, 1.165) is 17.0 Å². The fourth-order valence-corrected chi connectivity index (χ4v) is 2.79. The lowest BCUT2D eigenvalue weighted by atomic mass is 9.95. The monoisotopic (exact) mass is 336 g/mol. The molecule has 0 aliphatic carbocycles. The Bertz CT molecular complexity index is 757. The van der Waals surface area contributed by atoms with E-state index in [4.69, 9.17) is 0 Å². The molecule has 2 aromatic rings. The summed E-state index contributed by atoms with van der Waals surface area (Å²) in [6.45, 7) is 6.13. The van der Waals surface area contributed by atoms with E-state index in [1.807, 2.05) is 26.8 Å². The predicted octanol–water partition coefficient (Wildman–Crippen LogP) is 5.69. The zero-order valence-corrected chi connectivity index (χ0v) is 13.7. The molecule has 2 nitrogen and oxygen atoms in total. The number of rotatable bonds is 2. The molecule has 0 unspecified atom stereocenters. The van der Waals surface area contributed by atoms with E-state index in [2.05, 4.69) is 11.1 Å². The molecular weight excluding hydrogens is 321 g/mol. The van der Waals surface area contributed by atoms with Gasteiger partial charge < -0.3 is 0 Å². The topological polar surface area (TPSA) is 36.1 Å². The smallest absolute Gasteiger partial charge is 0.254 e. The van der Waals surface area contributed by atoms with Crippen LogP contribution in [0.2, 0.25) is 0 Å². The largest absolute Gasteiger partial charge is 0.416 e. The summed E-state index contributed by atoms with van der Waals surface area (Å²) in [6.07, 6.45) is -2.88. The summed E-state index contributed by atoms with van der Waals surface area (Å²) in [6, 6.07) is 8.70. The molecule has 1 heterocycles. The molecular formula is C17H15F3N2S. The van der Waals surface area contributed by atoms with Gasteiger partial charge in [0, 0.05) is 11.1 Å². The number of benzene rings is 1. The number of aliphatic imine (C=N–C) groups is 1. The van der Waals surface area contributed by atoms with Crippen molar-refractivity contribution < 1.29 is 13.2 Å². The number of nitriles is 1. The van der Waals surface area contributed by atoms with Crippen LogP contribution >= 0.6 is 11.3 Å². The molecule has 23 heavy (non-hydrogen) atoms. The molecule has 120 valence electrons. The molecule has 0 N–H and O–H groups in total. The predicted molar refractivity (Wildman–Crippen MR) is 86.4 cm³/mol. The zero-order valence-electron chi connectivity index (χ0n) is 12.9. The average Bonchev–Trinajstić information content (AvgIpc) is 2.88. The van der Waals surface area contributed by atoms with Crippen molar-refractivity contribution >= 4 is 23.2 Å². The van der Waals surface area contributed by atoms with Crippen molar-refractivity contribution in [2.75, 3.05) is 0 Å². The van der Waals surface area contributed by atoms with Gasteiger partial charge in [-0.05, 0) is 29.2 Å². The first kappa shape index (κ1) is 17.2. The van der Waals surface area contributed by atoms with E-state index in [1.165, 1.54) is 29.7 Å². The van der Waals surface area contributed by atoms with Gasteiger partial charge in [-0.2, -0.15) is 18.4 Å². The Labute approximate surface area is 136 Å². The third-order valence-corrected chi connectivity index (χ3v) is 4.60. The average molecular weight is 336 g/mol. The Kier molecular flexibility index (Phi) is 4.62. The van der Waals surface area contributed by atoms with Crippen LogP contribution in [0, 0.1) is 11.3 Å². The van der Waals surface area contributed by atoms with Gasteiger partial charge in [-0.15, -0.1) is 11.3 Å². The molecule has 0 saturated heterocycles. The SMILES string of the molecule is CC(C)(C)c1cc(N=Cc2ccc(C(F)(F)F)cc2)c(C#N)s1. The van der Waals surface area contributed by atoms with E-state index < -0.39 is 11.7 Å². The highest BCUT2D eigenvalue weighted by atomic mass is 32.1. The highest BCUT2D eigenvalue weighted by molar-refractivity contribution is 7.13. The van der Waals surface area contributed by atoms with Crippen LogP contribution in [-0.2, 0) is 11.6 Å². The van der Waals surface area contributed by atoms with Crippen LogP contribution in [0.3, 0.4) is 0 Å². The van der Waals surface area contributed by atoms with E-state index in [9.17, 15) is 18.4 Å². The Morgan fingerprint density at radius 2 is 1.74 bits per heavy atom. The molecule has 0 saturated carbocycles. The molecule has 0 aliphatic rings. The van der Waals surface area contributed by atoms with Gasteiger partial charge in [-0.1, -0.05) is 32.9 Å². The first-order valence-electron chi connectivity index (χ1n) is 6.87. The van der Waals surface area contributed by atoms with Crippen molar-refractivity contribution in [3.05, 3.63) is 51.2 Å². The lowest BCUT2D eigenvalue weighted by Gasteiger charge is -2.14. The van der Waals surface area contributed by atoms with Crippen LogP contribution in [0.4, 0.5) is 18.9 Å². The lowest BCUT2D eigenvalue weighted by Crippen LogP contribution is -2.07. The van der Waals surface area contributed by atoms with Crippen molar-refractivity contribution in [1.29, 1.82) is 5.26 Å². The second-order valence-electron chi connectivity index (χ2n) is 6.06. The van der Waals surface area contributed by atoms with Gasteiger partial charge >= 0.3 is 6.18 Å². The van der Waals surface area contributed by atoms with E-state index >= 15 is 0 Å². The summed E-state index contributed by atoms with van der Waals surface area (Å²) in [7, 11) is 0. The van der Waals surface area contributed by atoms with Crippen molar-refractivity contribution in [2.45, 2.75) is 32.4 Å². The number of halogens is 3. The number of hydrogen-bond donors (Lipinski definition) is 0. The van der Waals surface area contributed by atoms with Gasteiger partial charge in [0.2, 0.25) is 0 Å². The van der Waals surface area contributed by atoms with Gasteiger partial charge in [0.15, 0.2) is 0 Å². The molecule has 0 bridgehead atoms. The quantitative estimate of drug-likeness (QED) is 0.649. The number of thiophene rings is 1. The minimum atomic E-state index is -4.35. The summed E-state index contributed by atoms with van der Waals surface area (Å²) in [5.74, 6) is 0. The molecule has 0 aliphatic heterocycles. The van der Waals surface area contributed by atoms with E-state index in [1.54, 1.807) is 0 Å². The van der Waals surface area contributed by atoms with Crippen molar-refractivity contribution in [2.24, 2.45) is 4.99 Å². The van der Waals surface area contributed by atoms with Gasteiger partial charge in [0.25, 0.3) is 0 Å². The van der Waals surface area contributed by atoms with Crippen molar-refractivity contribution in [3.8, 4) is 6.07 Å². The second kappa shape index (κ2) is 6.17. The van der Waals surface area contributed by atoms with E-state index in [-0.39, 0.29) is 5.41 Å². The maximum atomic E-state index is 12.5. The fourth-order valence-electron chi connectivity index (χ4n) is 1.83. The number of hydrogen-bond acceptors (Lipinski definition) is 3.